The molecule has 1 atom stereocenters. The Labute approximate surface area is 112 Å². The Kier molecular flexibility index (Phi) is 4.66. The van der Waals surface area contributed by atoms with Crippen LogP contribution in [0, 0.1) is 0 Å². The van der Waals surface area contributed by atoms with Crippen molar-refractivity contribution in [3.8, 4) is 0 Å². The summed E-state index contributed by atoms with van der Waals surface area (Å²) >= 11 is 2.01. The van der Waals surface area contributed by atoms with Crippen molar-refractivity contribution in [2.24, 2.45) is 0 Å². The van der Waals surface area contributed by atoms with Gasteiger partial charge in [-0.1, -0.05) is 31.2 Å². The van der Waals surface area contributed by atoms with Crippen molar-refractivity contribution < 1.29 is 9.90 Å². The van der Waals surface area contributed by atoms with Crippen LogP contribution in [-0.2, 0) is 17.8 Å². The highest BCUT2D eigenvalue weighted by Gasteiger charge is 2.17. The summed E-state index contributed by atoms with van der Waals surface area (Å²) in [5.74, 6) is 0.410. The van der Waals surface area contributed by atoms with Gasteiger partial charge in [-0.2, -0.15) is 11.8 Å². The fraction of sp³-hybridized carbons (Fsp3) is 0.500. The summed E-state index contributed by atoms with van der Waals surface area (Å²) in [6.45, 7) is 5.30. The number of hydrogen-bond acceptors (Lipinski definition) is 3. The lowest BCUT2D eigenvalue weighted by molar-refractivity contribution is -0.136. The zero-order chi connectivity index (χ0) is 13.0. The molecule has 0 spiro atoms. The van der Waals surface area contributed by atoms with Crippen LogP contribution in [-0.4, -0.2) is 40.1 Å². The van der Waals surface area contributed by atoms with Crippen LogP contribution in [0.2, 0.25) is 0 Å². The standard InChI is InChI=1S/C14H19NO2S/c1-11-9-15(6-7-18-11)10-13-5-3-2-4-12(13)8-14(16)17/h2-5,11H,6-10H2,1H3,(H,16,17). The highest BCUT2D eigenvalue weighted by atomic mass is 32.2. The second-order valence-corrected chi connectivity index (χ2v) is 6.30. The van der Waals surface area contributed by atoms with Crippen molar-refractivity contribution >= 4 is 17.7 Å². The lowest BCUT2D eigenvalue weighted by Gasteiger charge is -2.31. The summed E-state index contributed by atoms with van der Waals surface area (Å²) in [5, 5.41) is 9.59. The predicted molar refractivity (Wildman–Crippen MR) is 75.0 cm³/mol. The van der Waals surface area contributed by atoms with E-state index in [4.69, 9.17) is 5.11 Å². The molecule has 0 bridgehead atoms. The average molecular weight is 265 g/mol. The second kappa shape index (κ2) is 6.25. The monoisotopic (exact) mass is 265 g/mol. The lowest BCUT2D eigenvalue weighted by atomic mass is 10.0. The molecule has 1 aromatic carbocycles. The molecule has 1 saturated heterocycles. The highest BCUT2D eigenvalue weighted by Crippen LogP contribution is 2.20. The molecule has 0 aliphatic carbocycles. The molecule has 1 aliphatic rings. The highest BCUT2D eigenvalue weighted by molar-refractivity contribution is 7.99. The number of nitrogens with zero attached hydrogens (tertiary/aromatic N) is 1. The molecule has 0 aromatic heterocycles. The SMILES string of the molecule is CC1CN(Cc2ccccc2CC(=O)O)CCS1. The summed E-state index contributed by atoms with van der Waals surface area (Å²) in [6.07, 6.45) is 0.119. The minimum atomic E-state index is -0.759. The molecule has 1 N–H and O–H groups in total. The quantitative estimate of drug-likeness (QED) is 0.906. The van der Waals surface area contributed by atoms with Crippen LogP contribution in [0.25, 0.3) is 0 Å². The summed E-state index contributed by atoms with van der Waals surface area (Å²) in [6, 6.07) is 7.87. The van der Waals surface area contributed by atoms with Gasteiger partial charge in [-0.25, -0.2) is 0 Å². The minimum Gasteiger partial charge on any atom is -0.481 e. The third-order valence-corrected chi connectivity index (χ3v) is 4.32. The molecule has 1 fully saturated rings. The van der Waals surface area contributed by atoms with Gasteiger partial charge < -0.3 is 5.11 Å². The molecule has 98 valence electrons. The zero-order valence-corrected chi connectivity index (χ0v) is 11.4. The van der Waals surface area contributed by atoms with Crippen LogP contribution in [0.1, 0.15) is 18.1 Å². The van der Waals surface area contributed by atoms with Gasteiger partial charge in [0.2, 0.25) is 0 Å². The number of hydrogen-bond donors (Lipinski definition) is 1. The maximum absolute atomic E-state index is 10.8. The van der Waals surface area contributed by atoms with E-state index in [1.54, 1.807) is 0 Å². The third-order valence-electron chi connectivity index (χ3n) is 3.18. The van der Waals surface area contributed by atoms with Gasteiger partial charge >= 0.3 is 5.97 Å². The number of rotatable bonds is 4. The summed E-state index contributed by atoms with van der Waals surface area (Å²) in [5.41, 5.74) is 2.09. The molecular formula is C14H19NO2S. The normalized spacial score (nSPS) is 20.8. The molecule has 1 aliphatic heterocycles. The van der Waals surface area contributed by atoms with Gasteiger partial charge in [0.1, 0.15) is 0 Å². The Bertz CT molecular complexity index is 422. The van der Waals surface area contributed by atoms with Gasteiger partial charge in [-0.3, -0.25) is 9.69 Å². The van der Waals surface area contributed by atoms with Crippen LogP contribution in [0.4, 0.5) is 0 Å². The summed E-state index contributed by atoms with van der Waals surface area (Å²) in [4.78, 5) is 13.3. The predicted octanol–water partition coefficient (Wildman–Crippen LogP) is 2.25. The van der Waals surface area contributed by atoms with Gasteiger partial charge in [-0.15, -0.1) is 0 Å². The molecule has 1 heterocycles. The summed E-state index contributed by atoms with van der Waals surface area (Å²) in [7, 11) is 0. The number of carboxylic acid groups (broad SMARTS) is 1. The van der Waals surface area contributed by atoms with Crippen LogP contribution in [0.15, 0.2) is 24.3 Å². The molecule has 1 unspecified atom stereocenters. The van der Waals surface area contributed by atoms with Gasteiger partial charge in [-0.05, 0) is 11.1 Å². The van der Waals surface area contributed by atoms with E-state index in [2.05, 4.69) is 11.8 Å². The number of benzene rings is 1. The molecule has 18 heavy (non-hydrogen) atoms. The van der Waals surface area contributed by atoms with E-state index < -0.39 is 5.97 Å². The molecule has 2 rings (SSSR count). The fourth-order valence-corrected chi connectivity index (χ4v) is 3.40. The Morgan fingerprint density at radius 1 is 1.44 bits per heavy atom. The largest absolute Gasteiger partial charge is 0.481 e. The van der Waals surface area contributed by atoms with Crippen LogP contribution >= 0.6 is 11.8 Å². The van der Waals surface area contributed by atoms with Crippen molar-refractivity contribution in [3.63, 3.8) is 0 Å². The van der Waals surface area contributed by atoms with E-state index in [0.29, 0.717) is 5.25 Å². The maximum Gasteiger partial charge on any atom is 0.307 e. The van der Waals surface area contributed by atoms with E-state index in [1.165, 1.54) is 5.75 Å². The number of aliphatic carboxylic acids is 1. The first kappa shape index (κ1) is 13.4. The number of thioether (sulfide) groups is 1. The van der Waals surface area contributed by atoms with E-state index in [0.717, 1.165) is 30.8 Å². The molecular weight excluding hydrogens is 246 g/mol. The zero-order valence-electron chi connectivity index (χ0n) is 10.6. The van der Waals surface area contributed by atoms with Gasteiger partial charge in [0, 0.05) is 30.6 Å². The van der Waals surface area contributed by atoms with Crippen molar-refractivity contribution in [2.75, 3.05) is 18.8 Å². The van der Waals surface area contributed by atoms with Crippen molar-refractivity contribution in [1.29, 1.82) is 0 Å². The minimum absolute atomic E-state index is 0.119. The molecule has 0 amide bonds. The molecule has 0 saturated carbocycles. The molecule has 3 nitrogen and oxygen atoms in total. The van der Waals surface area contributed by atoms with E-state index in [9.17, 15) is 4.79 Å². The third kappa shape index (κ3) is 3.75. The average Bonchev–Trinajstić information content (AvgIpc) is 2.31. The molecule has 1 aromatic rings. The fourth-order valence-electron chi connectivity index (χ4n) is 2.32. The van der Waals surface area contributed by atoms with Crippen molar-refractivity contribution in [2.45, 2.75) is 25.1 Å². The number of carboxylic acids is 1. The first-order valence-corrected chi connectivity index (χ1v) is 7.32. The van der Waals surface area contributed by atoms with Crippen LogP contribution < -0.4 is 0 Å². The van der Waals surface area contributed by atoms with Crippen LogP contribution in [0.5, 0.6) is 0 Å². The number of carbonyl (C=O) groups is 1. The van der Waals surface area contributed by atoms with E-state index in [-0.39, 0.29) is 6.42 Å². The lowest BCUT2D eigenvalue weighted by Crippen LogP contribution is -2.36. The first-order valence-electron chi connectivity index (χ1n) is 6.27. The second-order valence-electron chi connectivity index (χ2n) is 4.76. The topological polar surface area (TPSA) is 40.5 Å². The Morgan fingerprint density at radius 3 is 2.83 bits per heavy atom. The van der Waals surface area contributed by atoms with Crippen molar-refractivity contribution in [3.05, 3.63) is 35.4 Å². The van der Waals surface area contributed by atoms with E-state index >= 15 is 0 Å². The van der Waals surface area contributed by atoms with Gasteiger partial charge in [0.05, 0.1) is 6.42 Å². The molecule has 0 radical (unpaired) electrons. The Hall–Kier alpha value is -1.00. The smallest absolute Gasteiger partial charge is 0.307 e. The van der Waals surface area contributed by atoms with Crippen molar-refractivity contribution in [1.82, 2.24) is 4.90 Å². The Morgan fingerprint density at radius 2 is 2.17 bits per heavy atom. The first-order chi connectivity index (χ1) is 8.65. The summed E-state index contributed by atoms with van der Waals surface area (Å²) < 4.78 is 0. The van der Waals surface area contributed by atoms with Gasteiger partial charge in [0.25, 0.3) is 0 Å². The van der Waals surface area contributed by atoms with E-state index in [1.807, 2.05) is 36.0 Å². The Balaban J connectivity index is 2.05. The van der Waals surface area contributed by atoms with Gasteiger partial charge in [0.15, 0.2) is 0 Å². The maximum atomic E-state index is 10.8. The van der Waals surface area contributed by atoms with Crippen LogP contribution in [0.3, 0.4) is 0 Å². The molecule has 4 heteroatoms.